The summed E-state index contributed by atoms with van der Waals surface area (Å²) in [6.07, 6.45) is -0.563. The number of nitrogens with one attached hydrogen (secondary N) is 1. The fourth-order valence-electron chi connectivity index (χ4n) is 5.06. The summed E-state index contributed by atoms with van der Waals surface area (Å²) >= 11 is 0. The summed E-state index contributed by atoms with van der Waals surface area (Å²) in [6, 6.07) is 25.6. The number of hydrogen-bond donors (Lipinski definition) is 2. The van der Waals surface area contributed by atoms with Gasteiger partial charge in [0, 0.05) is 12.3 Å². The Balaban J connectivity index is 1.26. The van der Waals surface area contributed by atoms with Crippen molar-refractivity contribution >= 4 is 12.1 Å². The van der Waals surface area contributed by atoms with Crippen molar-refractivity contribution in [1.29, 1.82) is 0 Å². The predicted octanol–water partition coefficient (Wildman–Crippen LogP) is 4.55. The van der Waals surface area contributed by atoms with Gasteiger partial charge in [0.25, 0.3) is 0 Å². The van der Waals surface area contributed by atoms with E-state index in [0.29, 0.717) is 12.8 Å². The van der Waals surface area contributed by atoms with Crippen molar-refractivity contribution in [1.82, 2.24) is 5.32 Å². The molecule has 0 saturated heterocycles. The van der Waals surface area contributed by atoms with Crippen molar-refractivity contribution in [3.8, 4) is 11.1 Å². The molecule has 5 rings (SSSR count). The van der Waals surface area contributed by atoms with Gasteiger partial charge >= 0.3 is 12.1 Å². The van der Waals surface area contributed by atoms with Crippen LogP contribution in [0, 0.1) is 0 Å². The Morgan fingerprint density at radius 2 is 1.50 bits per heavy atom. The largest absolute Gasteiger partial charge is 0.459 e. The van der Waals surface area contributed by atoms with Crippen molar-refractivity contribution in [3.63, 3.8) is 0 Å². The van der Waals surface area contributed by atoms with Crippen LogP contribution in [0.5, 0.6) is 0 Å². The van der Waals surface area contributed by atoms with E-state index in [-0.39, 0.29) is 25.6 Å². The van der Waals surface area contributed by atoms with Crippen molar-refractivity contribution in [2.75, 3.05) is 6.61 Å². The smallest absolute Gasteiger partial charge is 0.408 e. The van der Waals surface area contributed by atoms with E-state index in [1.54, 1.807) is 0 Å². The number of ether oxygens (including phenoxy) is 2. The maximum absolute atomic E-state index is 13.0. The van der Waals surface area contributed by atoms with Gasteiger partial charge in [0.15, 0.2) is 0 Å². The Kier molecular flexibility index (Phi) is 6.07. The summed E-state index contributed by atoms with van der Waals surface area (Å²) in [7, 11) is 0. The first-order chi connectivity index (χ1) is 16.6. The Morgan fingerprint density at radius 1 is 0.882 bits per heavy atom. The molecule has 2 aliphatic rings. The molecule has 6 nitrogen and oxygen atoms in total. The molecular weight excluding hydrogens is 430 g/mol. The van der Waals surface area contributed by atoms with Gasteiger partial charge in [-0.3, -0.25) is 0 Å². The number of amides is 1. The molecule has 2 aliphatic carbocycles. The molecule has 3 aromatic carbocycles. The van der Waals surface area contributed by atoms with Gasteiger partial charge in [-0.1, -0.05) is 78.9 Å². The van der Waals surface area contributed by atoms with Crippen molar-refractivity contribution in [2.24, 2.45) is 0 Å². The van der Waals surface area contributed by atoms with Gasteiger partial charge in [-0.15, -0.1) is 0 Å². The molecule has 6 heteroatoms. The second-order valence-corrected chi connectivity index (χ2v) is 8.99. The quantitative estimate of drug-likeness (QED) is 0.531. The molecule has 174 valence electrons. The molecule has 2 N–H and O–H groups in total. The van der Waals surface area contributed by atoms with E-state index in [2.05, 4.69) is 29.6 Å². The molecule has 0 heterocycles. The Hall–Kier alpha value is -3.64. The highest BCUT2D eigenvalue weighted by atomic mass is 16.6. The molecule has 1 fully saturated rings. The number of fused-ring (bicyclic) bond motifs is 3. The van der Waals surface area contributed by atoms with Crippen molar-refractivity contribution in [2.45, 2.75) is 43.4 Å². The topological polar surface area (TPSA) is 84.9 Å². The Morgan fingerprint density at radius 3 is 2.12 bits per heavy atom. The minimum absolute atomic E-state index is 0.0756. The van der Waals surface area contributed by atoms with Crippen LogP contribution in [0.15, 0.2) is 78.9 Å². The maximum atomic E-state index is 13.0. The predicted molar refractivity (Wildman–Crippen MR) is 127 cm³/mol. The summed E-state index contributed by atoms with van der Waals surface area (Å²) in [6.45, 7) is 0.251. The molecule has 0 radical (unpaired) electrons. The van der Waals surface area contributed by atoms with E-state index >= 15 is 0 Å². The highest BCUT2D eigenvalue weighted by Crippen LogP contribution is 2.44. The lowest BCUT2D eigenvalue weighted by atomic mass is 9.97. The summed E-state index contributed by atoms with van der Waals surface area (Å²) in [5, 5.41) is 12.9. The average Bonchev–Trinajstić information content (AvgIpc) is 3.40. The van der Waals surface area contributed by atoms with E-state index < -0.39 is 23.7 Å². The molecule has 0 spiro atoms. The fraction of sp³-hybridized carbons (Fsp3) is 0.286. The molecule has 1 amide bonds. The monoisotopic (exact) mass is 457 g/mol. The fourth-order valence-corrected chi connectivity index (χ4v) is 5.06. The van der Waals surface area contributed by atoms with Crippen molar-refractivity contribution in [3.05, 3.63) is 95.6 Å². The van der Waals surface area contributed by atoms with Crippen LogP contribution in [-0.4, -0.2) is 35.4 Å². The third-order valence-electron chi connectivity index (χ3n) is 6.78. The van der Waals surface area contributed by atoms with Crippen LogP contribution in [0.4, 0.5) is 4.79 Å². The lowest BCUT2D eigenvalue weighted by Gasteiger charge is -2.28. The Bertz CT molecular complexity index is 1150. The van der Waals surface area contributed by atoms with Crippen molar-refractivity contribution < 1.29 is 24.2 Å². The maximum Gasteiger partial charge on any atom is 0.408 e. The second kappa shape index (κ2) is 9.31. The minimum Gasteiger partial charge on any atom is -0.459 e. The van der Waals surface area contributed by atoms with Crippen LogP contribution in [0.1, 0.15) is 41.9 Å². The first-order valence-electron chi connectivity index (χ1n) is 11.6. The molecule has 2 atom stereocenters. The van der Waals surface area contributed by atoms with Gasteiger partial charge in [-0.05, 0) is 40.7 Å². The number of esters is 1. The number of benzene rings is 3. The number of hydrogen-bond acceptors (Lipinski definition) is 5. The molecular formula is C28H27NO5. The van der Waals surface area contributed by atoms with Crippen LogP contribution < -0.4 is 5.32 Å². The van der Waals surface area contributed by atoms with E-state index in [1.165, 1.54) is 0 Å². The Labute approximate surface area is 198 Å². The third kappa shape index (κ3) is 4.29. The standard InChI is InChI=1S/C28H27NO5/c30-20-14-15-28(16-20,26(31)33-17-19-8-2-1-3-9-19)29-27(32)34-18-25-23-12-6-4-10-21(23)22-11-5-7-13-24(22)25/h1-13,20,25,30H,14-18H2,(H,29,32). The number of aliphatic hydroxyl groups is 1. The lowest BCUT2D eigenvalue weighted by Crippen LogP contribution is -2.54. The number of rotatable bonds is 6. The number of alkyl carbamates (subject to hydrolysis) is 1. The first kappa shape index (κ1) is 22.2. The van der Waals surface area contributed by atoms with E-state index in [9.17, 15) is 14.7 Å². The highest BCUT2D eigenvalue weighted by Gasteiger charge is 2.48. The summed E-state index contributed by atoms with van der Waals surface area (Å²) in [5.74, 6) is -0.630. The summed E-state index contributed by atoms with van der Waals surface area (Å²) < 4.78 is 11.2. The third-order valence-corrected chi connectivity index (χ3v) is 6.78. The molecule has 0 bridgehead atoms. The number of carbonyl (C=O) groups excluding carboxylic acids is 2. The van der Waals surface area contributed by atoms with Gasteiger partial charge in [0.1, 0.15) is 18.8 Å². The first-order valence-corrected chi connectivity index (χ1v) is 11.6. The lowest BCUT2D eigenvalue weighted by molar-refractivity contribution is -0.153. The summed E-state index contributed by atoms with van der Waals surface area (Å²) in [5.41, 5.74) is 4.08. The molecule has 0 aromatic heterocycles. The zero-order chi connectivity index (χ0) is 23.5. The van der Waals surface area contributed by atoms with Gasteiger partial charge in [0.05, 0.1) is 6.10 Å². The summed E-state index contributed by atoms with van der Waals surface area (Å²) in [4.78, 5) is 25.9. The average molecular weight is 458 g/mol. The van der Waals surface area contributed by atoms with Crippen LogP contribution in [0.3, 0.4) is 0 Å². The zero-order valence-corrected chi connectivity index (χ0v) is 18.8. The van der Waals surface area contributed by atoms with Crippen LogP contribution in [0.2, 0.25) is 0 Å². The van der Waals surface area contributed by atoms with Gasteiger partial charge in [-0.25, -0.2) is 9.59 Å². The van der Waals surface area contributed by atoms with Gasteiger partial charge in [-0.2, -0.15) is 0 Å². The SMILES string of the molecule is O=C(NC1(C(=O)OCc2ccccc2)CCC(O)C1)OCC1c2ccccc2-c2ccccc21. The normalized spacial score (nSPS) is 20.9. The molecule has 34 heavy (non-hydrogen) atoms. The van der Waals surface area contributed by atoms with E-state index in [0.717, 1.165) is 27.8 Å². The molecule has 0 aliphatic heterocycles. The minimum atomic E-state index is -1.29. The second-order valence-electron chi connectivity index (χ2n) is 8.99. The van der Waals surface area contributed by atoms with Gasteiger partial charge in [0.2, 0.25) is 0 Å². The van der Waals surface area contributed by atoms with E-state index in [4.69, 9.17) is 9.47 Å². The zero-order valence-electron chi connectivity index (χ0n) is 18.8. The number of aliphatic hydroxyl groups excluding tert-OH is 1. The molecule has 1 saturated carbocycles. The molecule has 2 unspecified atom stereocenters. The molecule has 3 aromatic rings. The van der Waals surface area contributed by atoms with Crippen LogP contribution in [-0.2, 0) is 20.9 Å². The number of carbonyl (C=O) groups is 2. The van der Waals surface area contributed by atoms with Crippen LogP contribution >= 0.6 is 0 Å². The van der Waals surface area contributed by atoms with Crippen LogP contribution in [0.25, 0.3) is 11.1 Å². The van der Waals surface area contributed by atoms with Gasteiger partial charge < -0.3 is 19.9 Å². The highest BCUT2D eigenvalue weighted by molar-refractivity contribution is 5.86. The van der Waals surface area contributed by atoms with E-state index in [1.807, 2.05) is 54.6 Å².